The zero-order valence-electron chi connectivity index (χ0n) is 11.9. The molecule has 2 fully saturated rings. The second kappa shape index (κ2) is 6.38. The lowest BCUT2D eigenvalue weighted by Crippen LogP contribution is -2.48. The Kier molecular flexibility index (Phi) is 5.00. The fraction of sp³-hybridized carbons (Fsp3) is 0.917. The molecule has 8 heteroatoms. The third-order valence-electron chi connectivity index (χ3n) is 3.75. The van der Waals surface area contributed by atoms with Crippen LogP contribution < -0.4 is 0 Å². The van der Waals surface area contributed by atoms with E-state index < -0.39 is 10.2 Å². The number of esters is 1. The monoisotopic (exact) mass is 306 g/mol. The highest BCUT2D eigenvalue weighted by molar-refractivity contribution is 7.86. The molecule has 0 amide bonds. The molecule has 0 N–H and O–H groups in total. The van der Waals surface area contributed by atoms with E-state index in [1.807, 2.05) is 6.92 Å². The Labute approximate surface area is 120 Å². The molecule has 20 heavy (non-hydrogen) atoms. The molecule has 0 aromatic carbocycles. The SMILES string of the molecule is CC1CC1C(=O)OCCN(C)S(=O)(=O)N1CCOCC1. The number of nitrogens with zero attached hydrogens (tertiary/aromatic N) is 2. The molecule has 0 bridgehead atoms. The first kappa shape index (κ1) is 15.7. The molecular weight excluding hydrogens is 284 g/mol. The first-order valence-corrected chi connectivity index (χ1v) is 8.28. The summed E-state index contributed by atoms with van der Waals surface area (Å²) in [5.41, 5.74) is 0. The van der Waals surface area contributed by atoms with Crippen LogP contribution in [-0.4, -0.2) is 69.5 Å². The van der Waals surface area contributed by atoms with Gasteiger partial charge in [0.05, 0.1) is 19.1 Å². The summed E-state index contributed by atoms with van der Waals surface area (Å²) >= 11 is 0. The van der Waals surface area contributed by atoms with Gasteiger partial charge in [-0.25, -0.2) is 0 Å². The zero-order chi connectivity index (χ0) is 14.8. The zero-order valence-corrected chi connectivity index (χ0v) is 12.8. The van der Waals surface area contributed by atoms with Crippen molar-refractivity contribution >= 4 is 16.2 Å². The van der Waals surface area contributed by atoms with Crippen molar-refractivity contribution in [3.05, 3.63) is 0 Å². The van der Waals surface area contributed by atoms with Crippen molar-refractivity contribution in [3.8, 4) is 0 Å². The summed E-state index contributed by atoms with van der Waals surface area (Å²) in [6, 6.07) is 0. The minimum Gasteiger partial charge on any atom is -0.464 e. The molecule has 2 rings (SSSR count). The van der Waals surface area contributed by atoms with Crippen LogP contribution in [0.3, 0.4) is 0 Å². The fourth-order valence-electron chi connectivity index (χ4n) is 2.12. The number of carbonyl (C=O) groups is 1. The molecule has 1 aliphatic heterocycles. The van der Waals surface area contributed by atoms with E-state index in [0.717, 1.165) is 6.42 Å². The number of carbonyl (C=O) groups excluding carboxylic acids is 1. The maximum Gasteiger partial charge on any atom is 0.309 e. The number of hydrogen-bond donors (Lipinski definition) is 0. The quantitative estimate of drug-likeness (QED) is 0.630. The van der Waals surface area contributed by atoms with Crippen LogP contribution in [0.2, 0.25) is 0 Å². The number of hydrogen-bond acceptors (Lipinski definition) is 5. The van der Waals surface area contributed by atoms with E-state index in [4.69, 9.17) is 9.47 Å². The van der Waals surface area contributed by atoms with Crippen LogP contribution in [-0.2, 0) is 24.5 Å². The number of rotatable bonds is 6. The Morgan fingerprint density at radius 2 is 2.00 bits per heavy atom. The molecule has 1 aliphatic carbocycles. The summed E-state index contributed by atoms with van der Waals surface area (Å²) in [4.78, 5) is 11.5. The standard InChI is InChI=1S/C12H22N2O5S/c1-10-9-11(10)12(15)19-8-3-13(2)20(16,17)14-4-6-18-7-5-14/h10-11H,3-9H2,1-2H3. The lowest BCUT2D eigenvalue weighted by Gasteiger charge is -2.30. The topological polar surface area (TPSA) is 76.2 Å². The summed E-state index contributed by atoms with van der Waals surface area (Å²) in [6.07, 6.45) is 0.876. The van der Waals surface area contributed by atoms with Gasteiger partial charge in [-0.15, -0.1) is 0 Å². The van der Waals surface area contributed by atoms with Crippen LogP contribution >= 0.6 is 0 Å². The van der Waals surface area contributed by atoms with E-state index in [0.29, 0.717) is 32.2 Å². The maximum absolute atomic E-state index is 12.2. The van der Waals surface area contributed by atoms with E-state index >= 15 is 0 Å². The molecule has 2 aliphatic rings. The molecule has 1 heterocycles. The van der Waals surface area contributed by atoms with Crippen molar-refractivity contribution < 1.29 is 22.7 Å². The molecule has 0 aromatic heterocycles. The maximum atomic E-state index is 12.2. The van der Waals surface area contributed by atoms with Crippen LogP contribution in [0.1, 0.15) is 13.3 Å². The van der Waals surface area contributed by atoms with E-state index in [1.165, 1.54) is 15.7 Å². The Hall–Kier alpha value is -0.700. The van der Waals surface area contributed by atoms with Crippen molar-refractivity contribution in [2.24, 2.45) is 11.8 Å². The molecule has 2 unspecified atom stereocenters. The van der Waals surface area contributed by atoms with Crippen molar-refractivity contribution in [2.45, 2.75) is 13.3 Å². The van der Waals surface area contributed by atoms with Crippen LogP contribution in [0, 0.1) is 11.8 Å². The summed E-state index contributed by atoms with van der Waals surface area (Å²) in [5, 5.41) is 0. The highest BCUT2D eigenvalue weighted by Crippen LogP contribution is 2.38. The van der Waals surface area contributed by atoms with Gasteiger partial charge in [0.2, 0.25) is 0 Å². The van der Waals surface area contributed by atoms with Crippen molar-refractivity contribution in [3.63, 3.8) is 0 Å². The van der Waals surface area contributed by atoms with Crippen LogP contribution in [0.5, 0.6) is 0 Å². The van der Waals surface area contributed by atoms with Crippen LogP contribution in [0.15, 0.2) is 0 Å². The average Bonchev–Trinajstić information content (AvgIpc) is 3.16. The Bertz CT molecular complexity index is 447. The first-order chi connectivity index (χ1) is 9.43. The third-order valence-corrected chi connectivity index (χ3v) is 5.74. The predicted molar refractivity (Wildman–Crippen MR) is 72.2 cm³/mol. The van der Waals surface area contributed by atoms with E-state index in [-0.39, 0.29) is 25.0 Å². The molecule has 0 radical (unpaired) electrons. The van der Waals surface area contributed by atoms with E-state index in [2.05, 4.69) is 0 Å². The number of likely N-dealkylation sites (N-methyl/N-ethyl adjacent to an activating group) is 1. The predicted octanol–water partition coefficient (Wildman–Crippen LogP) is -0.306. The van der Waals surface area contributed by atoms with Crippen molar-refractivity contribution in [1.29, 1.82) is 0 Å². The van der Waals surface area contributed by atoms with Crippen LogP contribution in [0.4, 0.5) is 0 Å². The van der Waals surface area contributed by atoms with Gasteiger partial charge >= 0.3 is 5.97 Å². The molecule has 2 atom stereocenters. The second-order valence-electron chi connectivity index (χ2n) is 5.33. The second-order valence-corrected chi connectivity index (χ2v) is 7.36. The van der Waals surface area contributed by atoms with E-state index in [9.17, 15) is 13.2 Å². The van der Waals surface area contributed by atoms with Gasteiger partial charge in [0.25, 0.3) is 10.2 Å². The Morgan fingerprint density at radius 1 is 1.40 bits per heavy atom. The lowest BCUT2D eigenvalue weighted by molar-refractivity contribution is -0.145. The number of ether oxygens (including phenoxy) is 2. The van der Waals surface area contributed by atoms with Crippen molar-refractivity contribution in [1.82, 2.24) is 8.61 Å². The van der Waals surface area contributed by atoms with Gasteiger partial charge < -0.3 is 9.47 Å². The highest BCUT2D eigenvalue weighted by atomic mass is 32.2. The Morgan fingerprint density at radius 3 is 2.55 bits per heavy atom. The van der Waals surface area contributed by atoms with Gasteiger partial charge in [-0.05, 0) is 12.3 Å². The normalized spacial score (nSPS) is 27.6. The summed E-state index contributed by atoms with van der Waals surface area (Å²) < 4.78 is 37.3. The van der Waals surface area contributed by atoms with Crippen LogP contribution in [0.25, 0.3) is 0 Å². The minimum atomic E-state index is -3.48. The summed E-state index contributed by atoms with van der Waals surface area (Å²) in [5.74, 6) is 0.197. The largest absolute Gasteiger partial charge is 0.464 e. The van der Waals surface area contributed by atoms with Gasteiger partial charge in [0, 0.05) is 26.7 Å². The highest BCUT2D eigenvalue weighted by Gasteiger charge is 2.40. The van der Waals surface area contributed by atoms with Gasteiger partial charge in [-0.1, -0.05) is 6.92 Å². The number of morpholine rings is 1. The first-order valence-electron chi connectivity index (χ1n) is 6.88. The summed E-state index contributed by atoms with van der Waals surface area (Å²) in [6.45, 7) is 3.84. The average molecular weight is 306 g/mol. The molecule has 1 saturated carbocycles. The molecule has 0 spiro atoms. The molecular formula is C12H22N2O5S. The van der Waals surface area contributed by atoms with Crippen molar-refractivity contribution in [2.75, 3.05) is 46.5 Å². The Balaban J connectivity index is 1.75. The van der Waals surface area contributed by atoms with Gasteiger partial charge in [0.15, 0.2) is 0 Å². The molecule has 1 saturated heterocycles. The third kappa shape index (κ3) is 3.69. The van der Waals surface area contributed by atoms with E-state index in [1.54, 1.807) is 0 Å². The lowest BCUT2D eigenvalue weighted by atomic mass is 10.3. The van der Waals surface area contributed by atoms with Gasteiger partial charge in [-0.3, -0.25) is 4.79 Å². The molecule has 116 valence electrons. The fourth-order valence-corrected chi connectivity index (χ4v) is 3.43. The smallest absolute Gasteiger partial charge is 0.309 e. The molecule has 0 aromatic rings. The van der Waals surface area contributed by atoms with Gasteiger partial charge in [-0.2, -0.15) is 17.0 Å². The minimum absolute atomic E-state index is 0.0103. The van der Waals surface area contributed by atoms with Gasteiger partial charge in [0.1, 0.15) is 6.61 Å². The summed E-state index contributed by atoms with van der Waals surface area (Å²) in [7, 11) is -1.98. The molecule has 7 nitrogen and oxygen atoms in total.